The second kappa shape index (κ2) is 3.67. The van der Waals surface area contributed by atoms with Crippen LogP contribution in [0.3, 0.4) is 0 Å². The second-order valence-electron chi connectivity index (χ2n) is 2.87. The molecule has 0 saturated heterocycles. The number of ether oxygens (including phenoxy) is 3. The summed E-state index contributed by atoms with van der Waals surface area (Å²) in [6.45, 7) is 0.196. The lowest BCUT2D eigenvalue weighted by atomic mass is 10.1. The van der Waals surface area contributed by atoms with Crippen LogP contribution in [0.25, 0.3) is 0 Å². The van der Waals surface area contributed by atoms with Gasteiger partial charge in [-0.2, -0.15) is 0 Å². The molecule has 1 aromatic carbocycles. The summed E-state index contributed by atoms with van der Waals surface area (Å²) in [7, 11) is 1.48. The summed E-state index contributed by atoms with van der Waals surface area (Å²) >= 11 is 0. The third kappa shape index (κ3) is 1.33. The van der Waals surface area contributed by atoms with Crippen LogP contribution in [-0.2, 0) is 9.53 Å². The number of para-hydroxylation sites is 1. The van der Waals surface area contributed by atoms with E-state index in [1.807, 2.05) is 0 Å². The molecule has 0 fully saturated rings. The van der Waals surface area contributed by atoms with E-state index >= 15 is 0 Å². The van der Waals surface area contributed by atoms with E-state index in [0.29, 0.717) is 17.1 Å². The molecule has 1 heterocycles. The summed E-state index contributed by atoms with van der Waals surface area (Å²) in [5.41, 5.74) is 0.706. The molecule has 0 aromatic heterocycles. The maximum atomic E-state index is 10.7. The van der Waals surface area contributed by atoms with Crippen LogP contribution in [0.15, 0.2) is 18.2 Å². The molecule has 0 amide bonds. The maximum Gasteiger partial charge on any atom is 0.231 e. The van der Waals surface area contributed by atoms with Gasteiger partial charge in [-0.05, 0) is 6.07 Å². The molecule has 0 bridgehead atoms. The SMILES string of the molecule is COC(C=O)c1cccc2c1OCO2. The Labute approximate surface area is 81.4 Å². The highest BCUT2D eigenvalue weighted by atomic mass is 16.7. The zero-order chi connectivity index (χ0) is 9.97. The summed E-state index contributed by atoms with van der Waals surface area (Å²) < 4.78 is 15.4. The molecular weight excluding hydrogens is 184 g/mol. The first-order valence-corrected chi connectivity index (χ1v) is 4.23. The summed E-state index contributed by atoms with van der Waals surface area (Å²) in [6, 6.07) is 5.39. The Morgan fingerprint density at radius 2 is 2.36 bits per heavy atom. The number of carbonyl (C=O) groups is 1. The molecule has 14 heavy (non-hydrogen) atoms. The van der Waals surface area contributed by atoms with Crippen molar-refractivity contribution in [3.63, 3.8) is 0 Å². The van der Waals surface area contributed by atoms with Gasteiger partial charge in [0, 0.05) is 12.7 Å². The van der Waals surface area contributed by atoms with Crippen LogP contribution in [0.2, 0.25) is 0 Å². The van der Waals surface area contributed by atoms with Gasteiger partial charge in [-0.25, -0.2) is 0 Å². The first kappa shape index (κ1) is 9.02. The van der Waals surface area contributed by atoms with Crippen LogP contribution < -0.4 is 9.47 Å². The fourth-order valence-corrected chi connectivity index (χ4v) is 1.43. The molecule has 0 radical (unpaired) electrons. The molecule has 0 spiro atoms. The van der Waals surface area contributed by atoms with E-state index in [1.54, 1.807) is 18.2 Å². The molecule has 2 rings (SSSR count). The Kier molecular flexibility index (Phi) is 2.37. The van der Waals surface area contributed by atoms with E-state index in [-0.39, 0.29) is 6.79 Å². The monoisotopic (exact) mass is 194 g/mol. The van der Waals surface area contributed by atoms with E-state index in [2.05, 4.69) is 0 Å². The zero-order valence-corrected chi connectivity index (χ0v) is 7.73. The third-order valence-electron chi connectivity index (χ3n) is 2.11. The molecule has 4 nitrogen and oxygen atoms in total. The molecule has 1 aromatic rings. The summed E-state index contributed by atoms with van der Waals surface area (Å²) in [5, 5.41) is 0. The van der Waals surface area contributed by atoms with E-state index < -0.39 is 6.10 Å². The Hall–Kier alpha value is -1.55. The highest BCUT2D eigenvalue weighted by Gasteiger charge is 2.22. The number of benzene rings is 1. The van der Waals surface area contributed by atoms with Crippen LogP contribution in [0, 0.1) is 0 Å². The molecule has 1 aliphatic rings. The molecule has 0 saturated carbocycles. The molecule has 1 unspecified atom stereocenters. The van der Waals surface area contributed by atoms with Crippen molar-refractivity contribution >= 4 is 6.29 Å². The van der Waals surface area contributed by atoms with Gasteiger partial charge in [0.15, 0.2) is 17.8 Å². The number of methoxy groups -OCH3 is 1. The topological polar surface area (TPSA) is 44.8 Å². The highest BCUT2D eigenvalue weighted by molar-refractivity contribution is 5.64. The summed E-state index contributed by atoms with van der Waals surface area (Å²) in [5.74, 6) is 1.26. The minimum atomic E-state index is -0.591. The lowest BCUT2D eigenvalue weighted by Crippen LogP contribution is -2.04. The molecule has 4 heteroatoms. The van der Waals surface area contributed by atoms with Crippen LogP contribution in [0.5, 0.6) is 11.5 Å². The lowest BCUT2D eigenvalue weighted by molar-refractivity contribution is -0.116. The Morgan fingerprint density at radius 1 is 1.50 bits per heavy atom. The van der Waals surface area contributed by atoms with E-state index in [1.165, 1.54) is 7.11 Å². The minimum absolute atomic E-state index is 0.196. The number of hydrogen-bond acceptors (Lipinski definition) is 4. The van der Waals surface area contributed by atoms with Crippen molar-refractivity contribution in [2.45, 2.75) is 6.10 Å². The molecule has 0 N–H and O–H groups in total. The maximum absolute atomic E-state index is 10.7. The number of fused-ring (bicyclic) bond motifs is 1. The minimum Gasteiger partial charge on any atom is -0.454 e. The normalized spacial score (nSPS) is 15.2. The molecule has 1 atom stereocenters. The van der Waals surface area contributed by atoms with Crippen LogP contribution in [0.1, 0.15) is 11.7 Å². The summed E-state index contributed by atoms with van der Waals surface area (Å²) in [6.07, 6.45) is 0.142. The Balaban J connectivity index is 2.43. The average Bonchev–Trinajstić information content (AvgIpc) is 2.68. The van der Waals surface area contributed by atoms with Gasteiger partial charge >= 0.3 is 0 Å². The largest absolute Gasteiger partial charge is 0.454 e. The van der Waals surface area contributed by atoms with Gasteiger partial charge < -0.3 is 19.0 Å². The van der Waals surface area contributed by atoms with Crippen LogP contribution >= 0.6 is 0 Å². The molecule has 1 aliphatic heterocycles. The van der Waals surface area contributed by atoms with Gasteiger partial charge in [0.05, 0.1) is 0 Å². The van der Waals surface area contributed by atoms with Crippen molar-refractivity contribution in [1.82, 2.24) is 0 Å². The second-order valence-corrected chi connectivity index (χ2v) is 2.87. The van der Waals surface area contributed by atoms with Crippen molar-refractivity contribution in [3.05, 3.63) is 23.8 Å². The van der Waals surface area contributed by atoms with Crippen LogP contribution in [-0.4, -0.2) is 20.2 Å². The third-order valence-corrected chi connectivity index (χ3v) is 2.11. The lowest BCUT2D eigenvalue weighted by Gasteiger charge is -2.10. The van der Waals surface area contributed by atoms with Crippen molar-refractivity contribution in [3.8, 4) is 11.5 Å². The first-order valence-electron chi connectivity index (χ1n) is 4.23. The van der Waals surface area contributed by atoms with E-state index in [4.69, 9.17) is 14.2 Å². The summed E-state index contributed by atoms with van der Waals surface area (Å²) in [4.78, 5) is 10.7. The van der Waals surface area contributed by atoms with Crippen molar-refractivity contribution in [2.24, 2.45) is 0 Å². The van der Waals surface area contributed by atoms with E-state index in [0.717, 1.165) is 6.29 Å². The fourth-order valence-electron chi connectivity index (χ4n) is 1.43. The van der Waals surface area contributed by atoms with Crippen molar-refractivity contribution in [2.75, 3.05) is 13.9 Å². The molecular formula is C10H10O4. The van der Waals surface area contributed by atoms with Gasteiger partial charge in [-0.15, -0.1) is 0 Å². The van der Waals surface area contributed by atoms with Crippen molar-refractivity contribution < 1.29 is 19.0 Å². The predicted octanol–water partition coefficient (Wildman–Crippen LogP) is 1.30. The Bertz CT molecular complexity index is 348. The first-order chi connectivity index (χ1) is 6.86. The van der Waals surface area contributed by atoms with Gasteiger partial charge in [0.25, 0.3) is 0 Å². The molecule has 0 aliphatic carbocycles. The van der Waals surface area contributed by atoms with Gasteiger partial charge in [-0.1, -0.05) is 12.1 Å². The highest BCUT2D eigenvalue weighted by Crippen LogP contribution is 2.38. The van der Waals surface area contributed by atoms with Gasteiger partial charge in [-0.3, -0.25) is 0 Å². The number of aldehydes is 1. The standard InChI is InChI=1S/C10H10O4/c1-12-9(5-11)7-3-2-4-8-10(7)14-6-13-8/h2-5,9H,6H2,1H3. The smallest absolute Gasteiger partial charge is 0.231 e. The fraction of sp³-hybridized carbons (Fsp3) is 0.300. The molecule has 74 valence electrons. The van der Waals surface area contributed by atoms with E-state index in [9.17, 15) is 4.79 Å². The van der Waals surface area contributed by atoms with Crippen molar-refractivity contribution in [1.29, 1.82) is 0 Å². The van der Waals surface area contributed by atoms with Gasteiger partial charge in [0.1, 0.15) is 6.10 Å². The average molecular weight is 194 g/mol. The van der Waals surface area contributed by atoms with Gasteiger partial charge in [0.2, 0.25) is 6.79 Å². The predicted molar refractivity (Wildman–Crippen MR) is 48.4 cm³/mol. The number of carbonyl (C=O) groups excluding carboxylic acids is 1. The number of hydrogen-bond donors (Lipinski definition) is 0. The van der Waals surface area contributed by atoms with Crippen LogP contribution in [0.4, 0.5) is 0 Å². The quantitative estimate of drug-likeness (QED) is 0.680. The zero-order valence-electron chi connectivity index (χ0n) is 7.73. The number of rotatable bonds is 3. The Morgan fingerprint density at radius 3 is 3.07 bits per heavy atom.